The molecule has 0 heterocycles. The first-order chi connectivity index (χ1) is 6.74. The molecule has 0 aliphatic carbocycles. The third-order valence-corrected chi connectivity index (χ3v) is 2.30. The van der Waals surface area contributed by atoms with Gasteiger partial charge in [0.25, 0.3) is 0 Å². The Morgan fingerprint density at radius 2 is 2.07 bits per heavy atom. The quantitative estimate of drug-likeness (QED) is 0.613. The van der Waals surface area contributed by atoms with Crippen LogP contribution in [0.15, 0.2) is 24.3 Å². The summed E-state index contributed by atoms with van der Waals surface area (Å²) in [5, 5.41) is 3.38. The standard InChI is InChI=1S/C11H19N3/c1-9(6-7-12)14-8-10-4-2-3-5-11(10)13/h2-5,9,14H,6-8,12-13H2,1H3. The van der Waals surface area contributed by atoms with Gasteiger partial charge in [0.05, 0.1) is 0 Å². The van der Waals surface area contributed by atoms with Crippen molar-refractivity contribution in [3.8, 4) is 0 Å². The van der Waals surface area contributed by atoms with Gasteiger partial charge in [-0.05, 0) is 31.5 Å². The predicted molar refractivity (Wildman–Crippen MR) is 60.8 cm³/mol. The summed E-state index contributed by atoms with van der Waals surface area (Å²) in [7, 11) is 0. The van der Waals surface area contributed by atoms with Gasteiger partial charge in [0, 0.05) is 18.3 Å². The van der Waals surface area contributed by atoms with Crippen LogP contribution in [0, 0.1) is 0 Å². The Morgan fingerprint density at radius 3 is 2.71 bits per heavy atom. The molecule has 3 heteroatoms. The van der Waals surface area contributed by atoms with Crippen molar-refractivity contribution < 1.29 is 0 Å². The summed E-state index contributed by atoms with van der Waals surface area (Å²) in [6.45, 7) is 3.66. The highest BCUT2D eigenvalue weighted by molar-refractivity contribution is 5.46. The van der Waals surface area contributed by atoms with Gasteiger partial charge in [-0.15, -0.1) is 0 Å². The highest BCUT2D eigenvalue weighted by atomic mass is 14.9. The maximum Gasteiger partial charge on any atom is 0.0359 e. The lowest BCUT2D eigenvalue weighted by Gasteiger charge is -2.13. The maximum atomic E-state index is 5.82. The number of nitrogen functional groups attached to an aromatic ring is 1. The number of nitrogens with two attached hydrogens (primary N) is 2. The summed E-state index contributed by atoms with van der Waals surface area (Å²) in [5.41, 5.74) is 13.3. The minimum atomic E-state index is 0.444. The Bertz CT molecular complexity index is 273. The van der Waals surface area contributed by atoms with Crippen molar-refractivity contribution in [3.05, 3.63) is 29.8 Å². The first-order valence-electron chi connectivity index (χ1n) is 5.01. The molecular formula is C11H19N3. The smallest absolute Gasteiger partial charge is 0.0359 e. The zero-order valence-corrected chi connectivity index (χ0v) is 8.66. The molecule has 0 radical (unpaired) electrons. The van der Waals surface area contributed by atoms with Gasteiger partial charge >= 0.3 is 0 Å². The van der Waals surface area contributed by atoms with Gasteiger partial charge in [-0.2, -0.15) is 0 Å². The van der Waals surface area contributed by atoms with Gasteiger partial charge in [-0.25, -0.2) is 0 Å². The number of para-hydroxylation sites is 1. The van der Waals surface area contributed by atoms with Crippen LogP contribution < -0.4 is 16.8 Å². The fourth-order valence-electron chi connectivity index (χ4n) is 1.33. The third kappa shape index (κ3) is 3.36. The molecule has 3 nitrogen and oxygen atoms in total. The lowest BCUT2D eigenvalue weighted by molar-refractivity contribution is 0.520. The van der Waals surface area contributed by atoms with Gasteiger partial charge in [-0.3, -0.25) is 0 Å². The van der Waals surface area contributed by atoms with E-state index in [1.54, 1.807) is 0 Å². The SMILES string of the molecule is CC(CCN)NCc1ccccc1N. The van der Waals surface area contributed by atoms with Crippen LogP contribution in [0.1, 0.15) is 18.9 Å². The van der Waals surface area contributed by atoms with Crippen LogP contribution in [-0.4, -0.2) is 12.6 Å². The fourth-order valence-corrected chi connectivity index (χ4v) is 1.33. The normalized spacial score (nSPS) is 12.7. The van der Waals surface area contributed by atoms with Crippen LogP contribution in [0.5, 0.6) is 0 Å². The second kappa shape index (κ2) is 5.62. The van der Waals surface area contributed by atoms with Crippen LogP contribution in [0.3, 0.4) is 0 Å². The predicted octanol–water partition coefficient (Wildman–Crippen LogP) is 1.10. The summed E-state index contributed by atoms with van der Waals surface area (Å²) in [6.07, 6.45) is 0.993. The lowest BCUT2D eigenvalue weighted by atomic mass is 10.1. The minimum Gasteiger partial charge on any atom is -0.398 e. The van der Waals surface area contributed by atoms with E-state index < -0.39 is 0 Å². The van der Waals surface area contributed by atoms with Crippen molar-refractivity contribution >= 4 is 5.69 Å². The highest BCUT2D eigenvalue weighted by Crippen LogP contribution is 2.09. The molecule has 0 amide bonds. The Morgan fingerprint density at radius 1 is 1.36 bits per heavy atom. The number of hydrogen-bond acceptors (Lipinski definition) is 3. The van der Waals surface area contributed by atoms with Crippen LogP contribution in [-0.2, 0) is 6.54 Å². The van der Waals surface area contributed by atoms with Gasteiger partial charge < -0.3 is 16.8 Å². The Balaban J connectivity index is 2.41. The summed E-state index contributed by atoms with van der Waals surface area (Å²) < 4.78 is 0. The van der Waals surface area contributed by atoms with E-state index in [0.717, 1.165) is 30.8 Å². The molecule has 0 fully saturated rings. The number of anilines is 1. The molecule has 5 N–H and O–H groups in total. The van der Waals surface area contributed by atoms with E-state index in [-0.39, 0.29) is 0 Å². The second-order valence-corrected chi connectivity index (χ2v) is 3.56. The number of rotatable bonds is 5. The molecule has 1 aromatic rings. The largest absolute Gasteiger partial charge is 0.398 e. The van der Waals surface area contributed by atoms with Crippen molar-refractivity contribution in [1.82, 2.24) is 5.32 Å². The number of benzene rings is 1. The molecule has 0 aliphatic rings. The maximum absolute atomic E-state index is 5.82. The average molecular weight is 193 g/mol. The van der Waals surface area contributed by atoms with Gasteiger partial charge in [0.1, 0.15) is 0 Å². The van der Waals surface area contributed by atoms with Crippen LogP contribution >= 0.6 is 0 Å². The molecule has 0 bridgehead atoms. The van der Waals surface area contributed by atoms with Crippen LogP contribution in [0.4, 0.5) is 5.69 Å². The summed E-state index contributed by atoms with van der Waals surface area (Å²) >= 11 is 0. The van der Waals surface area contributed by atoms with Gasteiger partial charge in [-0.1, -0.05) is 18.2 Å². The van der Waals surface area contributed by atoms with E-state index >= 15 is 0 Å². The summed E-state index contributed by atoms with van der Waals surface area (Å²) in [4.78, 5) is 0. The van der Waals surface area contributed by atoms with E-state index in [4.69, 9.17) is 11.5 Å². The molecule has 0 aromatic heterocycles. The minimum absolute atomic E-state index is 0.444. The first-order valence-corrected chi connectivity index (χ1v) is 5.01. The zero-order chi connectivity index (χ0) is 10.4. The molecule has 1 atom stereocenters. The van der Waals surface area contributed by atoms with Crippen LogP contribution in [0.25, 0.3) is 0 Å². The highest BCUT2D eigenvalue weighted by Gasteiger charge is 2.01. The zero-order valence-electron chi connectivity index (χ0n) is 8.66. The van der Waals surface area contributed by atoms with Gasteiger partial charge in [0.2, 0.25) is 0 Å². The van der Waals surface area contributed by atoms with E-state index in [1.807, 2.05) is 24.3 Å². The molecule has 0 aliphatic heterocycles. The molecular weight excluding hydrogens is 174 g/mol. The van der Waals surface area contributed by atoms with Crippen molar-refractivity contribution in [2.45, 2.75) is 25.9 Å². The third-order valence-electron chi connectivity index (χ3n) is 2.30. The van der Waals surface area contributed by atoms with Crippen molar-refractivity contribution in [2.75, 3.05) is 12.3 Å². The molecule has 0 spiro atoms. The molecule has 14 heavy (non-hydrogen) atoms. The van der Waals surface area contributed by atoms with E-state index in [1.165, 1.54) is 0 Å². The summed E-state index contributed by atoms with van der Waals surface area (Å²) in [5.74, 6) is 0. The topological polar surface area (TPSA) is 64.1 Å². The van der Waals surface area contributed by atoms with Gasteiger partial charge in [0.15, 0.2) is 0 Å². The van der Waals surface area contributed by atoms with Crippen molar-refractivity contribution in [1.29, 1.82) is 0 Å². The second-order valence-electron chi connectivity index (χ2n) is 3.56. The summed E-state index contributed by atoms with van der Waals surface area (Å²) in [6, 6.07) is 8.35. The van der Waals surface area contributed by atoms with Crippen molar-refractivity contribution in [3.63, 3.8) is 0 Å². The molecule has 78 valence electrons. The lowest BCUT2D eigenvalue weighted by Crippen LogP contribution is -2.28. The Hall–Kier alpha value is -1.06. The van der Waals surface area contributed by atoms with Crippen LogP contribution in [0.2, 0.25) is 0 Å². The number of nitrogens with one attached hydrogen (secondary N) is 1. The molecule has 0 saturated heterocycles. The molecule has 1 aromatic carbocycles. The van der Waals surface area contributed by atoms with E-state index in [2.05, 4.69) is 12.2 Å². The monoisotopic (exact) mass is 193 g/mol. The first kappa shape index (κ1) is 11.0. The van der Waals surface area contributed by atoms with Crippen molar-refractivity contribution in [2.24, 2.45) is 5.73 Å². The molecule has 0 saturated carbocycles. The van der Waals surface area contributed by atoms with E-state index in [9.17, 15) is 0 Å². The average Bonchev–Trinajstić information content (AvgIpc) is 2.17. The van der Waals surface area contributed by atoms with E-state index in [0.29, 0.717) is 6.04 Å². The Labute approximate surface area is 85.5 Å². The molecule has 1 rings (SSSR count). The number of hydrogen-bond donors (Lipinski definition) is 3. The fraction of sp³-hybridized carbons (Fsp3) is 0.455. The molecule has 1 unspecified atom stereocenters. The Kier molecular flexibility index (Phi) is 4.43.